The summed E-state index contributed by atoms with van der Waals surface area (Å²) in [5.41, 5.74) is 5.59. The summed E-state index contributed by atoms with van der Waals surface area (Å²) in [6.07, 6.45) is 1.63. The van der Waals surface area contributed by atoms with Gasteiger partial charge in [-0.05, 0) is 12.1 Å². The number of rotatable bonds is 4. The molecule has 0 spiro atoms. The zero-order valence-electron chi connectivity index (χ0n) is 9.71. The highest BCUT2D eigenvalue weighted by molar-refractivity contribution is 5.41. The lowest BCUT2D eigenvalue weighted by molar-refractivity contribution is 0.506. The van der Waals surface area contributed by atoms with Crippen LogP contribution in [0.25, 0.3) is 0 Å². The van der Waals surface area contributed by atoms with Gasteiger partial charge in [0.1, 0.15) is 5.76 Å². The third-order valence-electron chi connectivity index (χ3n) is 2.18. The third kappa shape index (κ3) is 2.63. The number of hydrogen-bond donors (Lipinski definition) is 2. The molecule has 0 unspecified atom stereocenters. The van der Waals surface area contributed by atoms with Crippen molar-refractivity contribution in [3.05, 3.63) is 24.2 Å². The van der Waals surface area contributed by atoms with E-state index in [1.54, 1.807) is 13.3 Å². The minimum absolute atomic E-state index is 0.186. The molecule has 7 heteroatoms. The molecule has 7 nitrogen and oxygen atoms in total. The molecule has 90 valence electrons. The van der Waals surface area contributed by atoms with E-state index in [-0.39, 0.29) is 5.95 Å². The summed E-state index contributed by atoms with van der Waals surface area (Å²) >= 11 is 0. The second kappa shape index (κ2) is 4.69. The number of aromatic nitrogens is 3. The molecule has 0 saturated heterocycles. The molecule has 0 atom stereocenters. The van der Waals surface area contributed by atoms with E-state index in [1.165, 1.54) is 0 Å². The second-order valence-electron chi connectivity index (χ2n) is 3.50. The van der Waals surface area contributed by atoms with Crippen LogP contribution in [-0.4, -0.2) is 29.0 Å². The van der Waals surface area contributed by atoms with Gasteiger partial charge < -0.3 is 20.4 Å². The van der Waals surface area contributed by atoms with Gasteiger partial charge in [-0.2, -0.15) is 15.0 Å². The number of nitrogens with zero attached hydrogens (tertiary/aromatic N) is 4. The Labute approximate surface area is 98.7 Å². The van der Waals surface area contributed by atoms with E-state index in [1.807, 2.05) is 24.1 Å². The lowest BCUT2D eigenvalue weighted by Crippen LogP contribution is -2.20. The summed E-state index contributed by atoms with van der Waals surface area (Å²) in [6.45, 7) is 0.569. The summed E-state index contributed by atoms with van der Waals surface area (Å²) in [4.78, 5) is 14.0. The average Bonchev–Trinajstić information content (AvgIpc) is 2.81. The van der Waals surface area contributed by atoms with Crippen molar-refractivity contribution in [1.29, 1.82) is 0 Å². The Morgan fingerprint density at radius 1 is 1.41 bits per heavy atom. The molecule has 0 saturated carbocycles. The summed E-state index contributed by atoms with van der Waals surface area (Å²) in [7, 11) is 3.59. The maximum absolute atomic E-state index is 5.59. The Morgan fingerprint density at radius 2 is 2.24 bits per heavy atom. The van der Waals surface area contributed by atoms with Crippen LogP contribution in [-0.2, 0) is 6.54 Å². The van der Waals surface area contributed by atoms with E-state index >= 15 is 0 Å². The number of furan rings is 1. The smallest absolute Gasteiger partial charge is 0.232 e. The van der Waals surface area contributed by atoms with Gasteiger partial charge in [-0.3, -0.25) is 0 Å². The van der Waals surface area contributed by atoms with E-state index < -0.39 is 0 Å². The fourth-order valence-electron chi connectivity index (χ4n) is 1.37. The fraction of sp³-hybridized carbons (Fsp3) is 0.300. The molecule has 0 bridgehead atoms. The molecule has 0 amide bonds. The maximum Gasteiger partial charge on any atom is 0.232 e. The number of nitrogens with one attached hydrogen (secondary N) is 1. The summed E-state index contributed by atoms with van der Waals surface area (Å²) in [6, 6.07) is 3.73. The van der Waals surface area contributed by atoms with Gasteiger partial charge in [0.15, 0.2) is 0 Å². The van der Waals surface area contributed by atoms with Gasteiger partial charge in [0.05, 0.1) is 12.8 Å². The van der Waals surface area contributed by atoms with Crippen LogP contribution in [0.2, 0.25) is 0 Å². The molecule has 0 aliphatic rings. The van der Waals surface area contributed by atoms with Crippen LogP contribution in [0.3, 0.4) is 0 Å². The fourth-order valence-corrected chi connectivity index (χ4v) is 1.37. The maximum atomic E-state index is 5.59. The Morgan fingerprint density at radius 3 is 2.88 bits per heavy atom. The SMILES string of the molecule is CNc1nc(N)nc(N(C)Cc2ccco2)n1. The minimum atomic E-state index is 0.186. The van der Waals surface area contributed by atoms with Crippen LogP contribution in [0.4, 0.5) is 17.8 Å². The van der Waals surface area contributed by atoms with Crippen LogP contribution in [0.5, 0.6) is 0 Å². The molecule has 2 rings (SSSR count). The molecule has 17 heavy (non-hydrogen) atoms. The first-order chi connectivity index (χ1) is 8.19. The van der Waals surface area contributed by atoms with E-state index in [0.29, 0.717) is 18.4 Å². The Balaban J connectivity index is 2.18. The van der Waals surface area contributed by atoms with E-state index in [2.05, 4.69) is 20.3 Å². The van der Waals surface area contributed by atoms with Crippen molar-refractivity contribution in [2.75, 3.05) is 30.0 Å². The zero-order valence-corrected chi connectivity index (χ0v) is 9.71. The van der Waals surface area contributed by atoms with Gasteiger partial charge in [-0.1, -0.05) is 0 Å². The van der Waals surface area contributed by atoms with Crippen molar-refractivity contribution >= 4 is 17.8 Å². The lowest BCUT2D eigenvalue weighted by atomic mass is 10.4. The van der Waals surface area contributed by atoms with Crippen molar-refractivity contribution in [3.8, 4) is 0 Å². The molecule has 3 N–H and O–H groups in total. The quantitative estimate of drug-likeness (QED) is 0.805. The topological polar surface area (TPSA) is 93.1 Å². The number of anilines is 3. The summed E-state index contributed by atoms with van der Waals surface area (Å²) < 4.78 is 5.25. The average molecular weight is 234 g/mol. The molecule has 0 radical (unpaired) electrons. The molecule has 0 aliphatic carbocycles. The molecule has 2 heterocycles. The van der Waals surface area contributed by atoms with Crippen LogP contribution < -0.4 is 16.0 Å². The third-order valence-corrected chi connectivity index (χ3v) is 2.18. The molecule has 0 aromatic carbocycles. The number of nitrogens with two attached hydrogens (primary N) is 1. The second-order valence-corrected chi connectivity index (χ2v) is 3.50. The normalized spacial score (nSPS) is 10.2. The van der Waals surface area contributed by atoms with Crippen molar-refractivity contribution in [2.24, 2.45) is 0 Å². The standard InChI is InChI=1S/C10H14N6O/c1-12-9-13-8(11)14-10(15-9)16(2)6-7-4-3-5-17-7/h3-5H,6H2,1-2H3,(H3,11,12,13,14,15). The van der Waals surface area contributed by atoms with Gasteiger partial charge in [0, 0.05) is 14.1 Å². The van der Waals surface area contributed by atoms with Gasteiger partial charge in [-0.25, -0.2) is 0 Å². The molecule has 0 fully saturated rings. The Hall–Kier alpha value is -2.31. The van der Waals surface area contributed by atoms with Gasteiger partial charge in [0.25, 0.3) is 0 Å². The molecule has 2 aromatic rings. The van der Waals surface area contributed by atoms with Gasteiger partial charge >= 0.3 is 0 Å². The van der Waals surface area contributed by atoms with Crippen LogP contribution in [0, 0.1) is 0 Å². The largest absolute Gasteiger partial charge is 0.467 e. The highest BCUT2D eigenvalue weighted by Crippen LogP contribution is 2.13. The minimum Gasteiger partial charge on any atom is -0.467 e. The van der Waals surface area contributed by atoms with Crippen LogP contribution in [0.15, 0.2) is 22.8 Å². The first kappa shape index (κ1) is 11.2. The van der Waals surface area contributed by atoms with Gasteiger partial charge in [-0.15, -0.1) is 0 Å². The van der Waals surface area contributed by atoms with Gasteiger partial charge in [0.2, 0.25) is 17.8 Å². The van der Waals surface area contributed by atoms with E-state index in [4.69, 9.17) is 10.2 Å². The van der Waals surface area contributed by atoms with Crippen molar-refractivity contribution < 1.29 is 4.42 Å². The predicted molar refractivity (Wildman–Crippen MR) is 64.6 cm³/mol. The summed E-state index contributed by atoms with van der Waals surface area (Å²) in [5, 5.41) is 2.83. The highest BCUT2D eigenvalue weighted by atomic mass is 16.3. The first-order valence-corrected chi connectivity index (χ1v) is 5.12. The summed E-state index contributed by atoms with van der Waals surface area (Å²) in [5.74, 6) is 1.96. The number of nitrogen functional groups attached to an aromatic ring is 1. The molecular weight excluding hydrogens is 220 g/mol. The van der Waals surface area contributed by atoms with E-state index in [9.17, 15) is 0 Å². The Kier molecular flexibility index (Phi) is 3.08. The molecule has 2 aromatic heterocycles. The van der Waals surface area contributed by atoms with Crippen LogP contribution >= 0.6 is 0 Å². The molecular formula is C10H14N6O. The zero-order chi connectivity index (χ0) is 12.3. The monoisotopic (exact) mass is 234 g/mol. The number of hydrogen-bond acceptors (Lipinski definition) is 7. The highest BCUT2D eigenvalue weighted by Gasteiger charge is 2.09. The van der Waals surface area contributed by atoms with Crippen molar-refractivity contribution in [2.45, 2.75) is 6.54 Å². The Bertz CT molecular complexity index is 484. The van der Waals surface area contributed by atoms with Crippen LogP contribution in [0.1, 0.15) is 5.76 Å². The first-order valence-electron chi connectivity index (χ1n) is 5.12. The molecule has 0 aliphatic heterocycles. The van der Waals surface area contributed by atoms with Crippen molar-refractivity contribution in [1.82, 2.24) is 15.0 Å². The predicted octanol–water partition coefficient (Wildman–Crippen LogP) is 0.725. The van der Waals surface area contributed by atoms with Crippen molar-refractivity contribution in [3.63, 3.8) is 0 Å². The lowest BCUT2D eigenvalue weighted by Gasteiger charge is -2.16. The van der Waals surface area contributed by atoms with E-state index in [0.717, 1.165) is 5.76 Å².